The van der Waals surface area contributed by atoms with E-state index >= 15 is 0 Å². The molecule has 0 aliphatic heterocycles. The van der Waals surface area contributed by atoms with Gasteiger partial charge in [-0.05, 0) is 31.0 Å². The third-order valence-electron chi connectivity index (χ3n) is 2.47. The van der Waals surface area contributed by atoms with Crippen LogP contribution in [0.3, 0.4) is 0 Å². The maximum atomic E-state index is 11.7. The molecule has 1 aromatic carbocycles. The Balaban J connectivity index is 2.74. The Morgan fingerprint density at radius 2 is 2.00 bits per heavy atom. The predicted molar refractivity (Wildman–Crippen MR) is 60.3 cm³/mol. The number of amides is 1. The SMILES string of the molecule is COC(=O)CNC(=O)c1cccc(C)c1C. The van der Waals surface area contributed by atoms with E-state index in [-0.39, 0.29) is 12.5 Å². The molecular weight excluding hydrogens is 206 g/mol. The molecule has 1 amide bonds. The van der Waals surface area contributed by atoms with E-state index in [4.69, 9.17) is 0 Å². The molecule has 0 aromatic heterocycles. The maximum Gasteiger partial charge on any atom is 0.325 e. The molecule has 0 unspecified atom stereocenters. The number of ether oxygens (including phenoxy) is 1. The molecule has 0 atom stereocenters. The molecule has 0 bridgehead atoms. The van der Waals surface area contributed by atoms with Crippen molar-refractivity contribution in [3.63, 3.8) is 0 Å². The molecule has 4 heteroatoms. The monoisotopic (exact) mass is 221 g/mol. The zero-order chi connectivity index (χ0) is 12.1. The molecule has 0 aliphatic carbocycles. The minimum Gasteiger partial charge on any atom is -0.468 e. The Bertz CT molecular complexity index is 413. The Kier molecular flexibility index (Phi) is 4.05. The summed E-state index contributed by atoms with van der Waals surface area (Å²) in [7, 11) is 1.28. The van der Waals surface area contributed by atoms with Gasteiger partial charge in [-0.2, -0.15) is 0 Å². The number of benzene rings is 1. The first-order valence-electron chi connectivity index (χ1n) is 4.97. The number of esters is 1. The zero-order valence-corrected chi connectivity index (χ0v) is 9.66. The van der Waals surface area contributed by atoms with Gasteiger partial charge in [-0.25, -0.2) is 0 Å². The van der Waals surface area contributed by atoms with E-state index in [1.807, 2.05) is 26.0 Å². The molecule has 86 valence electrons. The molecule has 0 radical (unpaired) electrons. The average molecular weight is 221 g/mol. The number of nitrogens with one attached hydrogen (secondary N) is 1. The summed E-state index contributed by atoms with van der Waals surface area (Å²) in [5, 5.41) is 2.50. The molecule has 1 aromatic rings. The van der Waals surface area contributed by atoms with Crippen LogP contribution in [0.5, 0.6) is 0 Å². The number of methoxy groups -OCH3 is 1. The maximum absolute atomic E-state index is 11.7. The van der Waals surface area contributed by atoms with E-state index < -0.39 is 5.97 Å². The molecule has 0 spiro atoms. The smallest absolute Gasteiger partial charge is 0.325 e. The van der Waals surface area contributed by atoms with Crippen molar-refractivity contribution in [1.29, 1.82) is 0 Å². The van der Waals surface area contributed by atoms with Crippen molar-refractivity contribution in [3.8, 4) is 0 Å². The van der Waals surface area contributed by atoms with E-state index in [0.29, 0.717) is 5.56 Å². The Morgan fingerprint density at radius 1 is 1.31 bits per heavy atom. The van der Waals surface area contributed by atoms with Gasteiger partial charge in [-0.15, -0.1) is 0 Å². The highest BCUT2D eigenvalue weighted by Gasteiger charge is 2.11. The van der Waals surface area contributed by atoms with Gasteiger partial charge < -0.3 is 10.1 Å². The lowest BCUT2D eigenvalue weighted by Gasteiger charge is -2.08. The lowest BCUT2D eigenvalue weighted by Crippen LogP contribution is -2.30. The van der Waals surface area contributed by atoms with Crippen LogP contribution in [0.2, 0.25) is 0 Å². The van der Waals surface area contributed by atoms with Gasteiger partial charge in [0.2, 0.25) is 0 Å². The third-order valence-corrected chi connectivity index (χ3v) is 2.47. The summed E-state index contributed by atoms with van der Waals surface area (Å²) in [6.45, 7) is 3.71. The van der Waals surface area contributed by atoms with Gasteiger partial charge >= 0.3 is 5.97 Å². The highest BCUT2D eigenvalue weighted by atomic mass is 16.5. The minimum absolute atomic E-state index is 0.108. The van der Waals surface area contributed by atoms with Crippen LogP contribution in [0.4, 0.5) is 0 Å². The van der Waals surface area contributed by atoms with Crippen molar-refractivity contribution < 1.29 is 14.3 Å². The van der Waals surface area contributed by atoms with Crippen molar-refractivity contribution in [2.24, 2.45) is 0 Å². The van der Waals surface area contributed by atoms with Gasteiger partial charge in [0.1, 0.15) is 6.54 Å². The fourth-order valence-corrected chi connectivity index (χ4v) is 1.32. The predicted octanol–water partition coefficient (Wildman–Crippen LogP) is 1.21. The molecule has 1 N–H and O–H groups in total. The quantitative estimate of drug-likeness (QED) is 0.780. The van der Waals surface area contributed by atoms with E-state index in [0.717, 1.165) is 11.1 Å². The van der Waals surface area contributed by atoms with Crippen LogP contribution < -0.4 is 5.32 Å². The fourth-order valence-electron chi connectivity index (χ4n) is 1.32. The van der Waals surface area contributed by atoms with Crippen LogP contribution in [0.25, 0.3) is 0 Å². The van der Waals surface area contributed by atoms with Crippen molar-refractivity contribution >= 4 is 11.9 Å². The lowest BCUT2D eigenvalue weighted by molar-refractivity contribution is -0.139. The molecule has 4 nitrogen and oxygen atoms in total. The van der Waals surface area contributed by atoms with Crippen molar-refractivity contribution in [2.75, 3.05) is 13.7 Å². The topological polar surface area (TPSA) is 55.4 Å². The van der Waals surface area contributed by atoms with Gasteiger partial charge in [0, 0.05) is 5.56 Å². The number of rotatable bonds is 3. The van der Waals surface area contributed by atoms with Crippen LogP contribution in [-0.2, 0) is 9.53 Å². The van der Waals surface area contributed by atoms with Crippen LogP contribution in [0.15, 0.2) is 18.2 Å². The lowest BCUT2D eigenvalue weighted by atomic mass is 10.0. The second-order valence-corrected chi connectivity index (χ2v) is 3.51. The van der Waals surface area contributed by atoms with Gasteiger partial charge in [0.15, 0.2) is 0 Å². The summed E-state index contributed by atoms with van der Waals surface area (Å²) in [6, 6.07) is 5.48. The molecule has 0 saturated heterocycles. The second kappa shape index (κ2) is 5.30. The van der Waals surface area contributed by atoms with Gasteiger partial charge in [-0.1, -0.05) is 12.1 Å². The summed E-state index contributed by atoms with van der Waals surface area (Å²) in [5.74, 6) is -0.717. The number of hydrogen-bond acceptors (Lipinski definition) is 3. The number of carbonyl (C=O) groups is 2. The summed E-state index contributed by atoms with van der Waals surface area (Å²) < 4.78 is 4.44. The van der Waals surface area contributed by atoms with E-state index in [9.17, 15) is 9.59 Å². The molecule has 0 saturated carbocycles. The van der Waals surface area contributed by atoms with Crippen LogP contribution in [-0.4, -0.2) is 25.5 Å². The molecule has 16 heavy (non-hydrogen) atoms. The average Bonchev–Trinajstić information content (AvgIpc) is 2.29. The first kappa shape index (κ1) is 12.2. The molecular formula is C12H15NO3. The Hall–Kier alpha value is -1.84. The highest BCUT2D eigenvalue weighted by Crippen LogP contribution is 2.12. The first-order chi connectivity index (χ1) is 7.56. The zero-order valence-electron chi connectivity index (χ0n) is 9.66. The van der Waals surface area contributed by atoms with Crippen LogP contribution >= 0.6 is 0 Å². The normalized spacial score (nSPS) is 9.69. The van der Waals surface area contributed by atoms with Crippen molar-refractivity contribution in [3.05, 3.63) is 34.9 Å². The number of hydrogen-bond donors (Lipinski definition) is 1. The standard InChI is InChI=1S/C12H15NO3/c1-8-5-4-6-10(9(8)2)12(15)13-7-11(14)16-3/h4-6H,7H2,1-3H3,(H,13,15). The minimum atomic E-state index is -0.460. The molecule has 1 rings (SSSR count). The summed E-state index contributed by atoms with van der Waals surface area (Å²) in [4.78, 5) is 22.6. The number of aryl methyl sites for hydroxylation is 1. The van der Waals surface area contributed by atoms with E-state index in [2.05, 4.69) is 10.1 Å². The summed E-state index contributed by atoms with van der Waals surface area (Å²) in [6.07, 6.45) is 0. The fraction of sp³-hybridized carbons (Fsp3) is 0.333. The summed E-state index contributed by atoms with van der Waals surface area (Å²) >= 11 is 0. The first-order valence-corrected chi connectivity index (χ1v) is 4.97. The Labute approximate surface area is 94.6 Å². The van der Waals surface area contributed by atoms with E-state index in [1.165, 1.54) is 7.11 Å². The molecule has 0 fully saturated rings. The van der Waals surface area contributed by atoms with Crippen molar-refractivity contribution in [1.82, 2.24) is 5.32 Å². The largest absolute Gasteiger partial charge is 0.468 e. The Morgan fingerprint density at radius 3 is 2.62 bits per heavy atom. The number of carbonyl (C=O) groups excluding carboxylic acids is 2. The van der Waals surface area contributed by atoms with Gasteiger partial charge in [0.25, 0.3) is 5.91 Å². The van der Waals surface area contributed by atoms with Crippen LogP contribution in [0, 0.1) is 13.8 Å². The van der Waals surface area contributed by atoms with Crippen LogP contribution in [0.1, 0.15) is 21.5 Å². The second-order valence-electron chi connectivity index (χ2n) is 3.51. The molecule has 0 aliphatic rings. The molecule has 0 heterocycles. The van der Waals surface area contributed by atoms with Gasteiger partial charge in [0.05, 0.1) is 7.11 Å². The highest BCUT2D eigenvalue weighted by molar-refractivity contribution is 5.97. The summed E-state index contributed by atoms with van der Waals surface area (Å²) in [5.41, 5.74) is 2.56. The van der Waals surface area contributed by atoms with Gasteiger partial charge in [-0.3, -0.25) is 9.59 Å². The third kappa shape index (κ3) is 2.82. The van der Waals surface area contributed by atoms with E-state index in [1.54, 1.807) is 6.07 Å². The van der Waals surface area contributed by atoms with Crippen molar-refractivity contribution in [2.45, 2.75) is 13.8 Å².